The van der Waals surface area contributed by atoms with Crippen LogP contribution in [0.1, 0.15) is 10.4 Å². The number of hydrogen-bond acceptors (Lipinski definition) is 5. The first-order chi connectivity index (χ1) is 9.60. The molecule has 0 unspecified atom stereocenters. The number of rotatable bonds is 6. The highest BCUT2D eigenvalue weighted by Gasteiger charge is 2.08. The van der Waals surface area contributed by atoms with E-state index in [4.69, 9.17) is 15.6 Å². The van der Waals surface area contributed by atoms with Crippen molar-refractivity contribution >= 4 is 23.0 Å². The minimum atomic E-state index is -1.04. The van der Waals surface area contributed by atoms with E-state index in [-0.39, 0.29) is 11.3 Å². The molecule has 7 heteroatoms. The highest BCUT2D eigenvalue weighted by atomic mass is 16.5. The second-order valence-electron chi connectivity index (χ2n) is 4.22. The Morgan fingerprint density at radius 3 is 2.95 bits per heavy atom. The predicted octanol–water partition coefficient (Wildman–Crippen LogP) is 1.55. The van der Waals surface area contributed by atoms with Crippen molar-refractivity contribution in [1.82, 2.24) is 9.78 Å². The third-order valence-corrected chi connectivity index (χ3v) is 2.73. The summed E-state index contributed by atoms with van der Waals surface area (Å²) in [4.78, 5) is 10.9. The van der Waals surface area contributed by atoms with E-state index in [1.807, 2.05) is 6.20 Å². The van der Waals surface area contributed by atoms with Crippen LogP contribution in [-0.2, 0) is 11.3 Å². The first kappa shape index (κ1) is 13.9. The number of carbonyl (C=O) groups is 1. The van der Waals surface area contributed by atoms with Gasteiger partial charge in [-0.1, -0.05) is 0 Å². The summed E-state index contributed by atoms with van der Waals surface area (Å²) in [5.74, 6) is -1.04. The molecule has 0 atom stereocenters. The SMILES string of the molecule is COCCn1cc(Nc2ccc(C(=O)O)c(N)c2)cn1. The zero-order valence-corrected chi connectivity index (χ0v) is 11.0. The monoisotopic (exact) mass is 276 g/mol. The van der Waals surface area contributed by atoms with Gasteiger partial charge in [0.05, 0.1) is 30.6 Å². The Labute approximate surface area is 116 Å². The molecule has 2 aromatic rings. The number of methoxy groups -OCH3 is 1. The summed E-state index contributed by atoms with van der Waals surface area (Å²) in [7, 11) is 1.63. The highest BCUT2D eigenvalue weighted by Crippen LogP contribution is 2.21. The van der Waals surface area contributed by atoms with Gasteiger partial charge < -0.3 is 20.9 Å². The Morgan fingerprint density at radius 1 is 1.50 bits per heavy atom. The maximum atomic E-state index is 10.9. The Morgan fingerprint density at radius 2 is 2.30 bits per heavy atom. The zero-order chi connectivity index (χ0) is 14.5. The molecule has 0 aliphatic carbocycles. The molecule has 0 spiro atoms. The predicted molar refractivity (Wildman–Crippen MR) is 75.2 cm³/mol. The number of aromatic carboxylic acids is 1. The molecule has 2 rings (SSSR count). The minimum absolute atomic E-state index is 0.0892. The van der Waals surface area contributed by atoms with Gasteiger partial charge in [0.1, 0.15) is 0 Å². The first-order valence-corrected chi connectivity index (χ1v) is 6.01. The summed E-state index contributed by atoms with van der Waals surface area (Å²) in [6.45, 7) is 1.25. The van der Waals surface area contributed by atoms with E-state index in [1.165, 1.54) is 6.07 Å². The van der Waals surface area contributed by atoms with Crippen LogP contribution < -0.4 is 11.1 Å². The van der Waals surface area contributed by atoms with Crippen molar-refractivity contribution in [2.24, 2.45) is 0 Å². The van der Waals surface area contributed by atoms with Gasteiger partial charge >= 0.3 is 5.97 Å². The molecular weight excluding hydrogens is 260 g/mol. The summed E-state index contributed by atoms with van der Waals surface area (Å²) in [6, 6.07) is 4.71. The Hall–Kier alpha value is -2.54. The molecule has 0 aliphatic rings. The number of nitrogens with one attached hydrogen (secondary N) is 1. The lowest BCUT2D eigenvalue weighted by Crippen LogP contribution is -2.04. The molecule has 106 valence electrons. The topological polar surface area (TPSA) is 102 Å². The zero-order valence-electron chi connectivity index (χ0n) is 11.0. The molecule has 7 nitrogen and oxygen atoms in total. The molecule has 0 saturated heterocycles. The number of ether oxygens (including phenoxy) is 1. The number of anilines is 3. The van der Waals surface area contributed by atoms with Gasteiger partial charge in [0.2, 0.25) is 0 Å². The molecule has 20 heavy (non-hydrogen) atoms. The summed E-state index contributed by atoms with van der Waals surface area (Å²) >= 11 is 0. The van der Waals surface area contributed by atoms with Gasteiger partial charge in [-0.3, -0.25) is 4.68 Å². The molecule has 0 amide bonds. The van der Waals surface area contributed by atoms with Gasteiger partial charge in [-0.25, -0.2) is 4.79 Å². The van der Waals surface area contributed by atoms with Crippen LogP contribution >= 0.6 is 0 Å². The van der Waals surface area contributed by atoms with Crippen molar-refractivity contribution < 1.29 is 14.6 Å². The minimum Gasteiger partial charge on any atom is -0.478 e. The molecule has 1 heterocycles. The van der Waals surface area contributed by atoms with Crippen LogP contribution in [0.2, 0.25) is 0 Å². The van der Waals surface area contributed by atoms with E-state index in [9.17, 15) is 4.79 Å². The summed E-state index contributed by atoms with van der Waals surface area (Å²) in [6.07, 6.45) is 3.51. The van der Waals surface area contributed by atoms with Crippen molar-refractivity contribution in [1.29, 1.82) is 0 Å². The molecule has 0 aliphatic heterocycles. The Kier molecular flexibility index (Phi) is 4.21. The lowest BCUT2D eigenvalue weighted by molar-refractivity contribution is 0.0698. The van der Waals surface area contributed by atoms with Crippen LogP contribution in [-0.4, -0.2) is 34.6 Å². The lowest BCUT2D eigenvalue weighted by atomic mass is 10.1. The number of benzene rings is 1. The smallest absolute Gasteiger partial charge is 0.337 e. The number of nitrogens with zero attached hydrogens (tertiary/aromatic N) is 2. The molecule has 0 radical (unpaired) electrons. The summed E-state index contributed by atoms with van der Waals surface area (Å²) in [5, 5.41) is 16.2. The summed E-state index contributed by atoms with van der Waals surface area (Å²) < 4.78 is 6.72. The number of nitrogens with two attached hydrogens (primary N) is 1. The van der Waals surface area contributed by atoms with Crippen molar-refractivity contribution in [3.63, 3.8) is 0 Å². The normalized spacial score (nSPS) is 10.4. The molecule has 4 N–H and O–H groups in total. The molecular formula is C13H16N4O3. The third kappa shape index (κ3) is 3.27. The average Bonchev–Trinajstić information content (AvgIpc) is 2.83. The fourth-order valence-electron chi connectivity index (χ4n) is 1.74. The van der Waals surface area contributed by atoms with Gasteiger partial charge in [0, 0.05) is 24.7 Å². The van der Waals surface area contributed by atoms with Crippen molar-refractivity contribution in [3.05, 3.63) is 36.2 Å². The molecule has 0 fully saturated rings. The van der Waals surface area contributed by atoms with E-state index >= 15 is 0 Å². The Bertz CT molecular complexity index is 609. The standard InChI is InChI=1S/C13H16N4O3/c1-20-5-4-17-8-10(7-15-17)16-9-2-3-11(13(18)19)12(14)6-9/h2-3,6-8,16H,4-5,14H2,1H3,(H,18,19). The van der Waals surface area contributed by atoms with Crippen LogP contribution in [0.3, 0.4) is 0 Å². The largest absolute Gasteiger partial charge is 0.478 e. The van der Waals surface area contributed by atoms with Gasteiger partial charge in [-0.15, -0.1) is 0 Å². The van der Waals surface area contributed by atoms with Gasteiger partial charge in [0.25, 0.3) is 0 Å². The van der Waals surface area contributed by atoms with Crippen LogP contribution in [0, 0.1) is 0 Å². The van der Waals surface area contributed by atoms with E-state index in [2.05, 4.69) is 10.4 Å². The number of nitrogen functional groups attached to an aromatic ring is 1. The second-order valence-corrected chi connectivity index (χ2v) is 4.22. The van der Waals surface area contributed by atoms with Crippen LogP contribution in [0.15, 0.2) is 30.6 Å². The number of carboxylic acids is 1. The van der Waals surface area contributed by atoms with E-state index in [0.717, 1.165) is 5.69 Å². The van der Waals surface area contributed by atoms with E-state index in [0.29, 0.717) is 18.8 Å². The van der Waals surface area contributed by atoms with Gasteiger partial charge in [-0.2, -0.15) is 5.10 Å². The highest BCUT2D eigenvalue weighted by molar-refractivity contribution is 5.94. The lowest BCUT2D eigenvalue weighted by Gasteiger charge is -2.06. The number of hydrogen-bond donors (Lipinski definition) is 3. The van der Waals surface area contributed by atoms with E-state index in [1.54, 1.807) is 30.1 Å². The van der Waals surface area contributed by atoms with E-state index < -0.39 is 5.97 Å². The first-order valence-electron chi connectivity index (χ1n) is 6.01. The van der Waals surface area contributed by atoms with Gasteiger partial charge in [-0.05, 0) is 18.2 Å². The van der Waals surface area contributed by atoms with Crippen LogP contribution in [0.25, 0.3) is 0 Å². The van der Waals surface area contributed by atoms with Crippen molar-refractivity contribution in [2.75, 3.05) is 24.8 Å². The van der Waals surface area contributed by atoms with Crippen molar-refractivity contribution in [3.8, 4) is 0 Å². The van der Waals surface area contributed by atoms with Gasteiger partial charge in [0.15, 0.2) is 0 Å². The van der Waals surface area contributed by atoms with Crippen LogP contribution in [0.5, 0.6) is 0 Å². The molecule has 1 aromatic carbocycles. The molecule has 0 bridgehead atoms. The molecule has 0 saturated carbocycles. The maximum Gasteiger partial charge on any atom is 0.337 e. The second kappa shape index (κ2) is 6.07. The quantitative estimate of drug-likeness (QED) is 0.692. The van der Waals surface area contributed by atoms with Crippen molar-refractivity contribution in [2.45, 2.75) is 6.54 Å². The fraction of sp³-hybridized carbons (Fsp3) is 0.231. The molecule has 1 aromatic heterocycles. The fourth-order valence-corrected chi connectivity index (χ4v) is 1.74. The maximum absolute atomic E-state index is 10.9. The number of aromatic nitrogens is 2. The summed E-state index contributed by atoms with van der Waals surface area (Å²) in [5.41, 5.74) is 7.50. The average molecular weight is 276 g/mol. The van der Waals surface area contributed by atoms with Crippen LogP contribution in [0.4, 0.5) is 17.1 Å². The number of carboxylic acid groups (broad SMARTS) is 1. The Balaban J connectivity index is 2.08. The third-order valence-electron chi connectivity index (χ3n) is 2.73.